The van der Waals surface area contributed by atoms with Gasteiger partial charge < -0.3 is 5.73 Å². The maximum absolute atomic E-state index is 6.63. The van der Waals surface area contributed by atoms with Gasteiger partial charge in [-0.3, -0.25) is 4.98 Å². The van der Waals surface area contributed by atoms with Gasteiger partial charge in [0, 0.05) is 23.9 Å². The summed E-state index contributed by atoms with van der Waals surface area (Å²) in [6.45, 7) is 2.23. The number of hydrogen-bond acceptors (Lipinski definition) is 2. The van der Waals surface area contributed by atoms with E-state index in [1.165, 1.54) is 12.8 Å². The second kappa shape index (κ2) is 4.96. The predicted molar refractivity (Wildman–Crippen MR) is 85.1 cm³/mol. The minimum absolute atomic E-state index is 0.209. The van der Waals surface area contributed by atoms with E-state index in [1.54, 1.807) is 11.1 Å². The van der Waals surface area contributed by atoms with Crippen LogP contribution in [0.15, 0.2) is 48.7 Å². The molecule has 2 N–H and O–H groups in total. The van der Waals surface area contributed by atoms with Crippen LogP contribution in [0.1, 0.15) is 42.0 Å². The third kappa shape index (κ3) is 2.09. The number of hydrogen-bond donors (Lipinski definition) is 1. The van der Waals surface area contributed by atoms with Crippen LogP contribution in [-0.4, -0.2) is 11.0 Å². The summed E-state index contributed by atoms with van der Waals surface area (Å²) in [6, 6.07) is 15.3. The maximum Gasteiger partial charge on any atom is 0.0447 e. The van der Waals surface area contributed by atoms with Crippen LogP contribution in [-0.2, 0) is 6.42 Å². The van der Waals surface area contributed by atoms with Crippen LogP contribution in [0.4, 0.5) is 0 Å². The molecule has 1 aromatic carbocycles. The molecule has 0 radical (unpaired) electrons. The van der Waals surface area contributed by atoms with Gasteiger partial charge in [-0.1, -0.05) is 37.3 Å². The van der Waals surface area contributed by atoms with Crippen molar-refractivity contribution >= 4 is 0 Å². The van der Waals surface area contributed by atoms with E-state index in [1.807, 2.05) is 12.3 Å². The zero-order valence-electron chi connectivity index (χ0n) is 12.4. The van der Waals surface area contributed by atoms with E-state index in [2.05, 4.69) is 48.3 Å². The largest absolute Gasteiger partial charge is 0.327 e. The highest BCUT2D eigenvalue weighted by atomic mass is 14.8. The first-order valence-corrected chi connectivity index (χ1v) is 8.01. The number of aryl methyl sites for hydroxylation is 1. The summed E-state index contributed by atoms with van der Waals surface area (Å²) >= 11 is 0. The first kappa shape index (κ1) is 13.0. The maximum atomic E-state index is 6.63. The smallest absolute Gasteiger partial charge is 0.0447 e. The van der Waals surface area contributed by atoms with Gasteiger partial charge >= 0.3 is 0 Å². The molecule has 2 heteroatoms. The average molecular weight is 278 g/mol. The normalized spacial score (nSPS) is 29.1. The lowest BCUT2D eigenvalue weighted by atomic mass is 9.91. The van der Waals surface area contributed by atoms with Crippen LogP contribution in [0.25, 0.3) is 0 Å². The van der Waals surface area contributed by atoms with Gasteiger partial charge in [-0.2, -0.15) is 0 Å². The summed E-state index contributed by atoms with van der Waals surface area (Å²) in [5, 5.41) is 0. The fraction of sp³-hybridized carbons (Fsp3) is 0.421. The summed E-state index contributed by atoms with van der Waals surface area (Å²) in [4.78, 5) is 4.49. The molecule has 5 unspecified atom stereocenters. The Kier molecular flexibility index (Phi) is 3.07. The quantitative estimate of drug-likeness (QED) is 0.933. The summed E-state index contributed by atoms with van der Waals surface area (Å²) < 4.78 is 0. The van der Waals surface area contributed by atoms with Gasteiger partial charge in [0.2, 0.25) is 0 Å². The molecule has 1 aromatic heterocycles. The monoisotopic (exact) mass is 278 g/mol. The third-order valence-electron chi connectivity index (χ3n) is 5.57. The molecule has 1 heterocycles. The first-order valence-electron chi connectivity index (χ1n) is 8.01. The van der Waals surface area contributed by atoms with Gasteiger partial charge in [0.05, 0.1) is 0 Å². The van der Waals surface area contributed by atoms with E-state index >= 15 is 0 Å². The lowest BCUT2D eigenvalue weighted by molar-refractivity contribution is 0.466. The minimum atomic E-state index is 0.209. The van der Waals surface area contributed by atoms with Gasteiger partial charge in [0.25, 0.3) is 0 Å². The molecule has 0 bridgehead atoms. The van der Waals surface area contributed by atoms with Crippen LogP contribution in [0, 0.1) is 11.8 Å². The molecule has 0 aliphatic heterocycles. The fourth-order valence-corrected chi connectivity index (χ4v) is 4.32. The molecule has 0 saturated heterocycles. The zero-order chi connectivity index (χ0) is 14.4. The van der Waals surface area contributed by atoms with Gasteiger partial charge in [0.1, 0.15) is 0 Å². The van der Waals surface area contributed by atoms with Crippen LogP contribution in [0.2, 0.25) is 0 Å². The highest BCUT2D eigenvalue weighted by Crippen LogP contribution is 2.62. The Morgan fingerprint density at radius 3 is 2.76 bits per heavy atom. The van der Waals surface area contributed by atoms with E-state index in [0.717, 1.165) is 11.6 Å². The fourth-order valence-electron chi connectivity index (χ4n) is 4.32. The van der Waals surface area contributed by atoms with E-state index in [4.69, 9.17) is 5.73 Å². The van der Waals surface area contributed by atoms with Crippen molar-refractivity contribution in [3.05, 3.63) is 65.5 Å². The second-order valence-electron chi connectivity index (χ2n) is 6.63. The predicted octanol–water partition coefficient (Wildman–Crippen LogP) is 3.49. The summed E-state index contributed by atoms with van der Waals surface area (Å²) in [5.41, 5.74) is 10.9. The van der Waals surface area contributed by atoms with Crippen LogP contribution in [0.5, 0.6) is 0 Å². The SMILES string of the molecule is CC(c1ccccn1)C(N)C1C2CCc3ccccc3C21. The van der Waals surface area contributed by atoms with Crippen molar-refractivity contribution in [2.24, 2.45) is 17.6 Å². The number of benzene rings is 1. The number of nitrogens with zero attached hydrogens (tertiary/aromatic N) is 1. The van der Waals surface area contributed by atoms with Crippen molar-refractivity contribution in [2.45, 2.75) is 37.6 Å². The first-order chi connectivity index (χ1) is 10.3. The molecule has 2 nitrogen and oxygen atoms in total. The molecule has 108 valence electrons. The van der Waals surface area contributed by atoms with Crippen molar-refractivity contribution < 1.29 is 0 Å². The Bertz CT molecular complexity index is 637. The molecule has 2 aliphatic carbocycles. The van der Waals surface area contributed by atoms with Crippen molar-refractivity contribution in [1.29, 1.82) is 0 Å². The molecule has 21 heavy (non-hydrogen) atoms. The topological polar surface area (TPSA) is 38.9 Å². The van der Waals surface area contributed by atoms with Crippen molar-refractivity contribution in [3.8, 4) is 0 Å². The Morgan fingerprint density at radius 2 is 1.95 bits per heavy atom. The van der Waals surface area contributed by atoms with Crippen LogP contribution >= 0.6 is 0 Å². The Morgan fingerprint density at radius 1 is 1.14 bits per heavy atom. The van der Waals surface area contributed by atoms with Gasteiger partial charge in [-0.25, -0.2) is 0 Å². The summed E-state index contributed by atoms with van der Waals surface area (Å²) in [6.07, 6.45) is 4.39. The number of rotatable bonds is 3. The van der Waals surface area contributed by atoms with Crippen molar-refractivity contribution in [3.63, 3.8) is 0 Å². The minimum Gasteiger partial charge on any atom is -0.327 e. The zero-order valence-corrected chi connectivity index (χ0v) is 12.4. The number of aromatic nitrogens is 1. The Hall–Kier alpha value is -1.67. The molecular formula is C19H22N2. The molecule has 4 rings (SSSR count). The third-order valence-corrected chi connectivity index (χ3v) is 5.57. The van der Waals surface area contributed by atoms with Crippen LogP contribution in [0.3, 0.4) is 0 Å². The molecule has 0 spiro atoms. The van der Waals surface area contributed by atoms with E-state index in [0.29, 0.717) is 17.8 Å². The summed E-state index contributed by atoms with van der Waals surface area (Å²) in [5.74, 6) is 2.44. The van der Waals surface area contributed by atoms with Crippen molar-refractivity contribution in [2.75, 3.05) is 0 Å². The molecular weight excluding hydrogens is 256 g/mol. The summed E-state index contributed by atoms with van der Waals surface area (Å²) in [7, 11) is 0. The van der Waals surface area contributed by atoms with Gasteiger partial charge in [-0.15, -0.1) is 0 Å². The standard InChI is InChI=1S/C19H22N2/c1-12(16-8-4-5-11-21-16)19(20)18-15-10-9-13-6-2-3-7-14(13)17(15)18/h2-8,11-12,15,17-19H,9-10,20H2,1H3. The highest BCUT2D eigenvalue weighted by Gasteiger charge is 2.56. The molecule has 5 atom stereocenters. The highest BCUT2D eigenvalue weighted by molar-refractivity contribution is 5.40. The van der Waals surface area contributed by atoms with Gasteiger partial charge in [-0.05, 0) is 53.9 Å². The average Bonchev–Trinajstić information content (AvgIpc) is 3.29. The Labute approximate surface area is 126 Å². The van der Waals surface area contributed by atoms with E-state index < -0.39 is 0 Å². The lowest BCUT2D eigenvalue weighted by Crippen LogP contribution is -2.30. The van der Waals surface area contributed by atoms with E-state index in [-0.39, 0.29) is 6.04 Å². The van der Waals surface area contributed by atoms with Crippen LogP contribution < -0.4 is 5.73 Å². The molecule has 1 fully saturated rings. The molecule has 2 aromatic rings. The lowest BCUT2D eigenvalue weighted by Gasteiger charge is -2.20. The molecule has 1 saturated carbocycles. The molecule has 2 aliphatic rings. The second-order valence-corrected chi connectivity index (χ2v) is 6.63. The van der Waals surface area contributed by atoms with Crippen molar-refractivity contribution in [1.82, 2.24) is 4.98 Å². The van der Waals surface area contributed by atoms with E-state index in [9.17, 15) is 0 Å². The van der Waals surface area contributed by atoms with Gasteiger partial charge in [0.15, 0.2) is 0 Å². The number of fused-ring (bicyclic) bond motifs is 3. The number of pyridine rings is 1. The molecule has 0 amide bonds. The number of nitrogens with two attached hydrogens (primary N) is 1. The Balaban J connectivity index is 1.57.